The molecule has 0 spiro atoms. The van der Waals surface area contributed by atoms with E-state index in [2.05, 4.69) is 9.88 Å². The van der Waals surface area contributed by atoms with Crippen LogP contribution >= 0.6 is 22.7 Å². The summed E-state index contributed by atoms with van der Waals surface area (Å²) in [5.74, 6) is 0.478. The Bertz CT molecular complexity index is 761. The lowest BCUT2D eigenvalue weighted by Gasteiger charge is -2.34. The van der Waals surface area contributed by atoms with E-state index in [9.17, 15) is 9.59 Å². The quantitative estimate of drug-likeness (QED) is 0.824. The number of hydrogen-bond acceptors (Lipinski definition) is 6. The topological polar surface area (TPSA) is 53.5 Å². The van der Waals surface area contributed by atoms with Crippen LogP contribution in [0, 0.1) is 0 Å². The molecule has 25 heavy (non-hydrogen) atoms. The first-order valence-corrected chi connectivity index (χ1v) is 10.4. The van der Waals surface area contributed by atoms with Crippen molar-refractivity contribution < 1.29 is 9.59 Å². The number of amides is 1. The van der Waals surface area contributed by atoms with Gasteiger partial charge in [-0.25, -0.2) is 4.98 Å². The van der Waals surface area contributed by atoms with Gasteiger partial charge in [-0.05, 0) is 24.3 Å². The number of fused-ring (bicyclic) bond motifs is 1. The van der Waals surface area contributed by atoms with Crippen molar-refractivity contribution in [1.82, 2.24) is 14.8 Å². The average Bonchev–Trinajstić information content (AvgIpc) is 3.25. The Morgan fingerprint density at radius 1 is 1.20 bits per heavy atom. The molecule has 1 aliphatic carbocycles. The molecule has 0 N–H and O–H groups in total. The third-order valence-corrected chi connectivity index (χ3v) is 6.80. The summed E-state index contributed by atoms with van der Waals surface area (Å²) in [7, 11) is 0. The molecule has 0 unspecified atom stereocenters. The maximum Gasteiger partial charge on any atom is 0.227 e. The van der Waals surface area contributed by atoms with Gasteiger partial charge < -0.3 is 4.90 Å². The van der Waals surface area contributed by atoms with Gasteiger partial charge in [-0.15, -0.1) is 22.7 Å². The number of thiophene rings is 1. The molecule has 0 radical (unpaired) electrons. The number of aromatic nitrogens is 1. The minimum absolute atomic E-state index is 0.220. The van der Waals surface area contributed by atoms with Gasteiger partial charge in [-0.2, -0.15) is 0 Å². The molecule has 0 bridgehead atoms. The van der Waals surface area contributed by atoms with E-state index in [0.717, 1.165) is 66.0 Å². The van der Waals surface area contributed by atoms with Crippen molar-refractivity contribution in [1.29, 1.82) is 0 Å². The van der Waals surface area contributed by atoms with Crippen LogP contribution in [0.5, 0.6) is 0 Å². The van der Waals surface area contributed by atoms with Crippen LogP contribution in [-0.4, -0.2) is 52.7 Å². The highest BCUT2D eigenvalue weighted by Gasteiger charge is 2.25. The Hall–Kier alpha value is -1.57. The maximum absolute atomic E-state index is 12.4. The van der Waals surface area contributed by atoms with Gasteiger partial charge in [0.1, 0.15) is 5.01 Å². The smallest absolute Gasteiger partial charge is 0.227 e. The van der Waals surface area contributed by atoms with Crippen molar-refractivity contribution in [3.8, 4) is 0 Å². The van der Waals surface area contributed by atoms with Gasteiger partial charge in [0.2, 0.25) is 5.91 Å². The molecule has 1 fully saturated rings. The molecule has 4 rings (SSSR count). The number of aryl methyl sites for hydroxylation is 1. The lowest BCUT2D eigenvalue weighted by Crippen LogP contribution is -2.48. The van der Waals surface area contributed by atoms with E-state index in [1.165, 1.54) is 0 Å². The van der Waals surface area contributed by atoms with Gasteiger partial charge in [0.05, 0.1) is 23.5 Å². The molecule has 2 aromatic heterocycles. The molecular formula is C18H21N3O2S2. The van der Waals surface area contributed by atoms with E-state index in [-0.39, 0.29) is 11.7 Å². The predicted octanol–water partition coefficient (Wildman–Crippen LogP) is 2.61. The van der Waals surface area contributed by atoms with Crippen molar-refractivity contribution in [2.45, 2.75) is 32.2 Å². The Kier molecular flexibility index (Phi) is 4.96. The summed E-state index contributed by atoms with van der Waals surface area (Å²) in [6, 6.07) is 4.01. The lowest BCUT2D eigenvalue weighted by atomic mass is 10.0. The van der Waals surface area contributed by atoms with Gasteiger partial charge in [0.15, 0.2) is 5.78 Å². The van der Waals surface area contributed by atoms with Crippen molar-refractivity contribution >= 4 is 34.4 Å². The zero-order chi connectivity index (χ0) is 17.2. The van der Waals surface area contributed by atoms with Crippen molar-refractivity contribution in [3.63, 3.8) is 0 Å². The van der Waals surface area contributed by atoms with E-state index in [1.54, 1.807) is 22.7 Å². The molecule has 0 atom stereocenters. The molecule has 3 heterocycles. The number of hydrogen-bond donors (Lipinski definition) is 0. The van der Waals surface area contributed by atoms with E-state index in [0.29, 0.717) is 12.8 Å². The van der Waals surface area contributed by atoms with Gasteiger partial charge >= 0.3 is 0 Å². The third kappa shape index (κ3) is 3.83. The molecule has 2 aromatic rings. The largest absolute Gasteiger partial charge is 0.340 e. The van der Waals surface area contributed by atoms with Crippen LogP contribution < -0.4 is 0 Å². The second kappa shape index (κ2) is 7.35. The Balaban J connectivity index is 1.30. The fourth-order valence-corrected chi connectivity index (χ4v) is 5.22. The van der Waals surface area contributed by atoms with Crippen molar-refractivity contribution in [3.05, 3.63) is 38.0 Å². The summed E-state index contributed by atoms with van der Waals surface area (Å²) in [6.07, 6.45) is 3.04. The number of carbonyl (C=O) groups excluding carboxylic acids is 2. The van der Waals surface area contributed by atoms with Gasteiger partial charge in [0, 0.05) is 37.5 Å². The molecule has 0 saturated carbocycles. The number of rotatable bonds is 4. The van der Waals surface area contributed by atoms with Crippen LogP contribution in [0.1, 0.15) is 38.1 Å². The highest BCUT2D eigenvalue weighted by Crippen LogP contribution is 2.27. The SMILES string of the molecule is O=C1CCCc2nc(CN3CCN(C(=O)Cc4cccs4)CC3)sc21. The Labute approximate surface area is 155 Å². The monoisotopic (exact) mass is 375 g/mol. The number of ketones is 1. The fraction of sp³-hybridized carbons (Fsp3) is 0.500. The first-order chi connectivity index (χ1) is 12.2. The maximum atomic E-state index is 12.4. The van der Waals surface area contributed by atoms with Gasteiger partial charge in [-0.1, -0.05) is 6.07 Å². The standard InChI is InChI=1S/C18H21N3O2S2/c22-15-5-1-4-14-18(15)25-16(19-14)12-20-6-8-21(9-7-20)17(23)11-13-3-2-10-24-13/h2-3,10H,1,4-9,11-12H2. The predicted molar refractivity (Wildman–Crippen MR) is 99.3 cm³/mol. The van der Waals surface area contributed by atoms with E-state index < -0.39 is 0 Å². The summed E-state index contributed by atoms with van der Waals surface area (Å²) >= 11 is 3.20. The first kappa shape index (κ1) is 16.9. The van der Waals surface area contributed by atoms with Crippen LogP contribution in [0.4, 0.5) is 0 Å². The van der Waals surface area contributed by atoms with E-state index >= 15 is 0 Å². The minimum atomic E-state index is 0.220. The Morgan fingerprint density at radius 3 is 2.76 bits per heavy atom. The molecule has 0 aromatic carbocycles. The highest BCUT2D eigenvalue weighted by molar-refractivity contribution is 7.13. The van der Waals surface area contributed by atoms with Crippen LogP contribution in [0.25, 0.3) is 0 Å². The minimum Gasteiger partial charge on any atom is -0.340 e. The average molecular weight is 376 g/mol. The van der Waals surface area contributed by atoms with Crippen LogP contribution in [0.3, 0.4) is 0 Å². The molecule has 1 aliphatic heterocycles. The fourth-order valence-electron chi connectivity index (χ4n) is 3.41. The van der Waals surface area contributed by atoms with Crippen LogP contribution in [0.15, 0.2) is 17.5 Å². The highest BCUT2D eigenvalue weighted by atomic mass is 32.1. The summed E-state index contributed by atoms with van der Waals surface area (Å²) in [5, 5.41) is 3.05. The van der Waals surface area contributed by atoms with Gasteiger partial charge in [0.25, 0.3) is 0 Å². The Morgan fingerprint density at radius 2 is 2.04 bits per heavy atom. The number of thiazole rings is 1. The zero-order valence-electron chi connectivity index (χ0n) is 14.1. The second-order valence-electron chi connectivity index (χ2n) is 6.57. The van der Waals surface area contributed by atoms with E-state index in [4.69, 9.17) is 0 Å². The second-order valence-corrected chi connectivity index (χ2v) is 8.69. The molecular weight excluding hydrogens is 354 g/mol. The van der Waals surface area contributed by atoms with Crippen LogP contribution in [-0.2, 0) is 24.2 Å². The number of carbonyl (C=O) groups is 2. The molecule has 2 aliphatic rings. The summed E-state index contributed by atoms with van der Waals surface area (Å²) in [5.41, 5.74) is 1.00. The summed E-state index contributed by atoms with van der Waals surface area (Å²) in [6.45, 7) is 4.07. The number of Topliss-reactive ketones (excluding diaryl/α,β-unsaturated/α-hetero) is 1. The molecule has 132 valence electrons. The van der Waals surface area contributed by atoms with Crippen molar-refractivity contribution in [2.75, 3.05) is 26.2 Å². The normalized spacial score (nSPS) is 18.4. The van der Waals surface area contributed by atoms with Crippen LogP contribution in [0.2, 0.25) is 0 Å². The van der Waals surface area contributed by atoms with Crippen molar-refractivity contribution in [2.24, 2.45) is 0 Å². The molecule has 1 amide bonds. The van der Waals surface area contributed by atoms with E-state index in [1.807, 2.05) is 22.4 Å². The summed E-state index contributed by atoms with van der Waals surface area (Å²) in [4.78, 5) is 35.3. The lowest BCUT2D eigenvalue weighted by molar-refractivity contribution is -0.132. The van der Waals surface area contributed by atoms with Gasteiger partial charge in [-0.3, -0.25) is 14.5 Å². The first-order valence-electron chi connectivity index (χ1n) is 8.73. The zero-order valence-corrected chi connectivity index (χ0v) is 15.7. The number of nitrogens with zero attached hydrogens (tertiary/aromatic N) is 3. The third-order valence-electron chi connectivity index (χ3n) is 4.80. The molecule has 1 saturated heterocycles. The molecule has 7 heteroatoms. The summed E-state index contributed by atoms with van der Waals surface area (Å²) < 4.78 is 0. The number of piperazine rings is 1. The molecule has 5 nitrogen and oxygen atoms in total.